The van der Waals surface area contributed by atoms with Crippen LogP contribution in [0.3, 0.4) is 0 Å². The van der Waals surface area contributed by atoms with Gasteiger partial charge in [0, 0.05) is 11.6 Å². The highest BCUT2D eigenvalue weighted by Crippen LogP contribution is 2.28. The van der Waals surface area contributed by atoms with Crippen LogP contribution in [-0.2, 0) is 11.2 Å². The predicted molar refractivity (Wildman–Crippen MR) is 74.6 cm³/mol. The zero-order valence-corrected chi connectivity index (χ0v) is 10.9. The number of aliphatic carboxylic acids is 1. The van der Waals surface area contributed by atoms with E-state index < -0.39 is 10.9 Å². The Bertz CT molecular complexity index is 679. The van der Waals surface area contributed by atoms with Gasteiger partial charge >= 0.3 is 5.97 Å². The van der Waals surface area contributed by atoms with Crippen molar-refractivity contribution in [1.29, 1.82) is 0 Å². The molecule has 0 unspecified atom stereocenters. The van der Waals surface area contributed by atoms with Gasteiger partial charge in [-0.1, -0.05) is 42.0 Å². The van der Waals surface area contributed by atoms with E-state index in [1.165, 1.54) is 12.1 Å². The summed E-state index contributed by atoms with van der Waals surface area (Å²) in [6.07, 6.45) is -0.357. The summed E-state index contributed by atoms with van der Waals surface area (Å²) in [6, 6.07) is 12.2. The molecule has 0 fully saturated rings. The number of benzene rings is 2. The summed E-state index contributed by atoms with van der Waals surface area (Å²) in [6.45, 7) is 1.94. The normalized spacial score (nSPS) is 10.2. The highest BCUT2D eigenvalue weighted by atomic mass is 16.6. The number of aryl methyl sites for hydroxylation is 1. The number of hydrogen-bond acceptors (Lipinski definition) is 3. The molecule has 0 atom stereocenters. The van der Waals surface area contributed by atoms with Crippen molar-refractivity contribution in [2.24, 2.45) is 0 Å². The Balaban J connectivity index is 2.50. The van der Waals surface area contributed by atoms with Crippen LogP contribution in [0, 0.1) is 17.0 Å². The maximum atomic E-state index is 11.1. The van der Waals surface area contributed by atoms with Gasteiger partial charge in [0.15, 0.2) is 0 Å². The molecule has 2 aromatic carbocycles. The smallest absolute Gasteiger partial charge is 0.308 e. The number of carboxylic acids is 1. The van der Waals surface area contributed by atoms with E-state index in [1.54, 1.807) is 6.07 Å². The average Bonchev–Trinajstić information content (AvgIpc) is 2.38. The van der Waals surface area contributed by atoms with Gasteiger partial charge < -0.3 is 5.11 Å². The predicted octanol–water partition coefficient (Wildman–Crippen LogP) is 3.20. The van der Waals surface area contributed by atoms with E-state index in [0.29, 0.717) is 5.56 Å². The fraction of sp³-hybridized carbons (Fsp3) is 0.133. The number of nitro benzene ring substituents is 1. The minimum atomic E-state index is -1.09. The third kappa shape index (κ3) is 3.00. The van der Waals surface area contributed by atoms with Gasteiger partial charge in [0.05, 0.1) is 11.3 Å². The van der Waals surface area contributed by atoms with Gasteiger partial charge in [-0.05, 0) is 18.1 Å². The second kappa shape index (κ2) is 5.52. The summed E-state index contributed by atoms with van der Waals surface area (Å²) in [4.78, 5) is 21.2. The fourth-order valence-corrected chi connectivity index (χ4v) is 2.05. The third-order valence-electron chi connectivity index (χ3n) is 2.98. The standard InChI is InChI=1S/C15H13NO4/c1-10-3-2-4-11(7-10)12-5-6-13(9-15(17)18)14(8-12)16(19)20/h2-8H,9H2,1H3,(H,17,18). The van der Waals surface area contributed by atoms with E-state index in [2.05, 4.69) is 0 Å². The van der Waals surface area contributed by atoms with Gasteiger partial charge in [0.2, 0.25) is 0 Å². The Morgan fingerprint density at radius 1 is 1.20 bits per heavy atom. The highest BCUT2D eigenvalue weighted by molar-refractivity contribution is 5.74. The van der Waals surface area contributed by atoms with Gasteiger partial charge in [0.25, 0.3) is 5.69 Å². The Hall–Kier alpha value is -2.69. The number of nitro groups is 1. The van der Waals surface area contributed by atoms with Crippen LogP contribution in [-0.4, -0.2) is 16.0 Å². The summed E-state index contributed by atoms with van der Waals surface area (Å²) in [7, 11) is 0. The van der Waals surface area contributed by atoms with Crippen molar-refractivity contribution in [1.82, 2.24) is 0 Å². The van der Waals surface area contributed by atoms with Crippen molar-refractivity contribution in [3.05, 3.63) is 63.7 Å². The molecule has 0 saturated carbocycles. The van der Waals surface area contributed by atoms with Crippen LogP contribution in [0.1, 0.15) is 11.1 Å². The summed E-state index contributed by atoms with van der Waals surface area (Å²) < 4.78 is 0. The van der Waals surface area contributed by atoms with Gasteiger partial charge in [-0.3, -0.25) is 14.9 Å². The molecule has 0 aliphatic heterocycles. The van der Waals surface area contributed by atoms with Crippen LogP contribution in [0.5, 0.6) is 0 Å². The van der Waals surface area contributed by atoms with Crippen LogP contribution in [0.15, 0.2) is 42.5 Å². The van der Waals surface area contributed by atoms with E-state index in [9.17, 15) is 14.9 Å². The molecule has 0 spiro atoms. The molecule has 0 aliphatic rings. The van der Waals surface area contributed by atoms with E-state index >= 15 is 0 Å². The molecule has 20 heavy (non-hydrogen) atoms. The largest absolute Gasteiger partial charge is 0.481 e. The van der Waals surface area contributed by atoms with E-state index in [0.717, 1.165) is 11.1 Å². The summed E-state index contributed by atoms with van der Waals surface area (Å²) in [5, 5.41) is 19.8. The van der Waals surface area contributed by atoms with Crippen molar-refractivity contribution in [2.75, 3.05) is 0 Å². The van der Waals surface area contributed by atoms with Crippen LogP contribution >= 0.6 is 0 Å². The van der Waals surface area contributed by atoms with Crippen molar-refractivity contribution < 1.29 is 14.8 Å². The van der Waals surface area contributed by atoms with Crippen molar-refractivity contribution >= 4 is 11.7 Å². The first kappa shape index (κ1) is 13.7. The Labute approximate surface area is 115 Å². The molecule has 102 valence electrons. The summed E-state index contributed by atoms with van der Waals surface area (Å²) in [5.74, 6) is -1.09. The lowest BCUT2D eigenvalue weighted by atomic mass is 10.00. The minimum absolute atomic E-state index is 0.161. The number of nitrogens with zero attached hydrogens (tertiary/aromatic N) is 1. The minimum Gasteiger partial charge on any atom is -0.481 e. The number of hydrogen-bond donors (Lipinski definition) is 1. The molecular weight excluding hydrogens is 258 g/mol. The van der Waals surface area contributed by atoms with Crippen LogP contribution in [0.4, 0.5) is 5.69 Å². The van der Waals surface area contributed by atoms with Crippen LogP contribution in [0.2, 0.25) is 0 Å². The molecule has 0 bridgehead atoms. The quantitative estimate of drug-likeness (QED) is 0.684. The molecule has 0 heterocycles. The molecule has 2 aromatic rings. The first-order chi connectivity index (χ1) is 9.47. The number of rotatable bonds is 4. The Morgan fingerprint density at radius 3 is 2.50 bits per heavy atom. The number of carboxylic acid groups (broad SMARTS) is 1. The first-order valence-electron chi connectivity index (χ1n) is 6.03. The average molecular weight is 271 g/mol. The van der Waals surface area contributed by atoms with Gasteiger partial charge in [-0.2, -0.15) is 0 Å². The lowest BCUT2D eigenvalue weighted by Gasteiger charge is -2.06. The van der Waals surface area contributed by atoms with Gasteiger partial charge in [-0.25, -0.2) is 0 Å². The molecule has 0 aliphatic carbocycles. The fourth-order valence-electron chi connectivity index (χ4n) is 2.05. The first-order valence-corrected chi connectivity index (χ1v) is 6.03. The maximum absolute atomic E-state index is 11.1. The van der Waals surface area contributed by atoms with Gasteiger partial charge in [0.1, 0.15) is 0 Å². The SMILES string of the molecule is Cc1cccc(-c2ccc(CC(=O)O)c([N+](=O)[O-])c2)c1. The number of carbonyl (C=O) groups is 1. The monoisotopic (exact) mass is 271 g/mol. The lowest BCUT2D eigenvalue weighted by molar-refractivity contribution is -0.385. The van der Waals surface area contributed by atoms with Crippen molar-refractivity contribution in [3.8, 4) is 11.1 Å². The zero-order valence-electron chi connectivity index (χ0n) is 10.9. The second-order valence-corrected chi connectivity index (χ2v) is 4.54. The molecule has 1 N–H and O–H groups in total. The van der Waals surface area contributed by atoms with Crippen molar-refractivity contribution in [3.63, 3.8) is 0 Å². The molecule has 5 nitrogen and oxygen atoms in total. The summed E-state index contributed by atoms with van der Waals surface area (Å²) in [5.41, 5.74) is 2.68. The highest BCUT2D eigenvalue weighted by Gasteiger charge is 2.17. The van der Waals surface area contributed by atoms with Crippen molar-refractivity contribution in [2.45, 2.75) is 13.3 Å². The maximum Gasteiger partial charge on any atom is 0.308 e. The Kier molecular flexibility index (Phi) is 3.79. The van der Waals surface area contributed by atoms with E-state index in [-0.39, 0.29) is 17.7 Å². The van der Waals surface area contributed by atoms with E-state index in [4.69, 9.17) is 5.11 Å². The molecule has 0 saturated heterocycles. The lowest BCUT2D eigenvalue weighted by Crippen LogP contribution is -2.03. The van der Waals surface area contributed by atoms with Gasteiger partial charge in [-0.15, -0.1) is 0 Å². The van der Waals surface area contributed by atoms with Crippen LogP contribution < -0.4 is 0 Å². The molecule has 5 heteroatoms. The summed E-state index contributed by atoms with van der Waals surface area (Å²) >= 11 is 0. The zero-order chi connectivity index (χ0) is 14.7. The topological polar surface area (TPSA) is 80.4 Å². The second-order valence-electron chi connectivity index (χ2n) is 4.54. The van der Waals surface area contributed by atoms with E-state index in [1.807, 2.05) is 31.2 Å². The molecule has 0 amide bonds. The molecule has 2 rings (SSSR count). The Morgan fingerprint density at radius 2 is 1.90 bits per heavy atom. The molecule has 0 radical (unpaired) electrons. The third-order valence-corrected chi connectivity index (χ3v) is 2.98. The molecule has 0 aromatic heterocycles. The van der Waals surface area contributed by atoms with Crippen LogP contribution in [0.25, 0.3) is 11.1 Å². The molecular formula is C15H13NO4.